The first-order chi connectivity index (χ1) is 35.7. The Labute approximate surface area is 438 Å². The Kier molecular flexibility index (Phi) is 29.7. The van der Waals surface area contributed by atoms with E-state index in [2.05, 4.69) is 17.6 Å². The van der Waals surface area contributed by atoms with Gasteiger partial charge in [-0.25, -0.2) is 4.79 Å². The van der Waals surface area contributed by atoms with Gasteiger partial charge in [-0.15, -0.1) is 0 Å². The van der Waals surface area contributed by atoms with Crippen molar-refractivity contribution in [2.24, 2.45) is 0 Å². The van der Waals surface area contributed by atoms with Gasteiger partial charge in [-0.3, -0.25) is 14.4 Å². The zero-order valence-corrected chi connectivity index (χ0v) is 45.3. The highest BCUT2D eigenvalue weighted by molar-refractivity contribution is 5.81. The van der Waals surface area contributed by atoms with Gasteiger partial charge in [-0.2, -0.15) is 0 Å². The van der Waals surface area contributed by atoms with E-state index in [-0.39, 0.29) is 56.9 Å². The van der Waals surface area contributed by atoms with E-state index < -0.39 is 29.8 Å². The van der Waals surface area contributed by atoms with Gasteiger partial charge in [0.25, 0.3) is 0 Å². The van der Waals surface area contributed by atoms with Gasteiger partial charge in [0, 0.05) is 39.5 Å². The molecule has 3 aromatic rings. The molecule has 1 unspecified atom stereocenters. The van der Waals surface area contributed by atoms with Gasteiger partial charge in [0.1, 0.15) is 29.8 Å². The Morgan fingerprint density at radius 1 is 0.644 bits per heavy atom. The third-order valence-electron chi connectivity index (χ3n) is 14.0. The first-order valence-corrected chi connectivity index (χ1v) is 27.9. The fourth-order valence-electron chi connectivity index (χ4n) is 9.62. The molecule has 0 bridgehead atoms. The fraction of sp³-hybridized carbons (Fsp3) is 0.633. The molecule has 4 rings (SSSR count). The SMILES string of the molecule is CCCCCCCCCCCCCCCCCCOC(CC)COC(=O)NCCCCCC(=O)N1C[C@H](OC(=O)CCC(=O)NC)C[C@H]1COC(c1ccccc1)(c1ccc(OC)cc1)c1ccc(OC)cc1. The molecule has 13 heteroatoms. The molecule has 0 spiro atoms. The summed E-state index contributed by atoms with van der Waals surface area (Å²) >= 11 is 0. The van der Waals surface area contributed by atoms with Crippen LogP contribution in [0, 0.1) is 0 Å². The summed E-state index contributed by atoms with van der Waals surface area (Å²) in [4.78, 5) is 53.3. The van der Waals surface area contributed by atoms with E-state index in [1.807, 2.05) is 85.8 Å². The van der Waals surface area contributed by atoms with E-state index in [1.54, 1.807) is 19.1 Å². The fourth-order valence-corrected chi connectivity index (χ4v) is 9.62. The molecule has 1 fully saturated rings. The largest absolute Gasteiger partial charge is 0.497 e. The average molecular weight is 1010 g/mol. The van der Waals surface area contributed by atoms with Crippen LogP contribution in [0.4, 0.5) is 4.79 Å². The second-order valence-corrected chi connectivity index (χ2v) is 19.6. The van der Waals surface area contributed by atoms with E-state index in [4.69, 9.17) is 28.4 Å². The summed E-state index contributed by atoms with van der Waals surface area (Å²) < 4.78 is 35.7. The molecule has 1 heterocycles. The van der Waals surface area contributed by atoms with Crippen LogP contribution in [0.25, 0.3) is 0 Å². The van der Waals surface area contributed by atoms with Crippen LogP contribution < -0.4 is 20.1 Å². The van der Waals surface area contributed by atoms with Crippen LogP contribution in [-0.2, 0) is 38.9 Å². The van der Waals surface area contributed by atoms with Crippen molar-refractivity contribution < 1.29 is 47.6 Å². The van der Waals surface area contributed by atoms with Crippen molar-refractivity contribution in [2.45, 2.75) is 192 Å². The zero-order valence-electron chi connectivity index (χ0n) is 45.3. The Hall–Kier alpha value is -5.14. The van der Waals surface area contributed by atoms with Gasteiger partial charge in [0.2, 0.25) is 11.8 Å². The number of esters is 1. The summed E-state index contributed by atoms with van der Waals surface area (Å²) in [5, 5.41) is 5.39. The number of carbonyl (C=O) groups is 4. The number of amides is 3. The molecule has 0 aliphatic carbocycles. The number of benzene rings is 3. The minimum Gasteiger partial charge on any atom is -0.497 e. The molecule has 1 aliphatic heterocycles. The number of methoxy groups -OCH3 is 2. The molecular formula is C60H91N3O10. The van der Waals surface area contributed by atoms with E-state index in [9.17, 15) is 19.2 Å². The topological polar surface area (TPSA) is 151 Å². The van der Waals surface area contributed by atoms with Crippen LogP contribution in [-0.4, -0.2) is 101 Å². The maximum atomic E-state index is 14.1. The summed E-state index contributed by atoms with van der Waals surface area (Å²) in [5.74, 6) is 0.581. The van der Waals surface area contributed by atoms with Gasteiger partial charge < -0.3 is 44.0 Å². The van der Waals surface area contributed by atoms with Crippen LogP contribution in [0.1, 0.15) is 185 Å². The number of alkyl carbamates (subject to hydrolysis) is 1. The minimum absolute atomic E-state index is 0.0143. The second-order valence-electron chi connectivity index (χ2n) is 19.6. The van der Waals surface area contributed by atoms with E-state index >= 15 is 0 Å². The first-order valence-electron chi connectivity index (χ1n) is 27.9. The van der Waals surface area contributed by atoms with Crippen LogP contribution in [0.5, 0.6) is 11.5 Å². The highest BCUT2D eigenvalue weighted by Crippen LogP contribution is 2.42. The van der Waals surface area contributed by atoms with Crippen molar-refractivity contribution >= 4 is 23.9 Å². The lowest BCUT2D eigenvalue weighted by Crippen LogP contribution is -2.42. The Balaban J connectivity index is 1.22. The maximum Gasteiger partial charge on any atom is 0.407 e. The van der Waals surface area contributed by atoms with Gasteiger partial charge in [0.15, 0.2) is 0 Å². The minimum atomic E-state index is -1.11. The van der Waals surface area contributed by atoms with Gasteiger partial charge >= 0.3 is 12.1 Å². The molecule has 3 aromatic carbocycles. The van der Waals surface area contributed by atoms with Crippen molar-refractivity contribution in [3.8, 4) is 11.5 Å². The number of nitrogens with one attached hydrogen (secondary N) is 2. The number of nitrogens with zero attached hydrogens (tertiary/aromatic N) is 1. The van der Waals surface area contributed by atoms with Gasteiger partial charge in [-0.1, -0.05) is 171 Å². The summed E-state index contributed by atoms with van der Waals surface area (Å²) in [7, 11) is 4.78. The number of hydrogen-bond donors (Lipinski definition) is 2. The summed E-state index contributed by atoms with van der Waals surface area (Å²) in [6, 6.07) is 25.1. The van der Waals surface area contributed by atoms with Crippen molar-refractivity contribution in [3.05, 3.63) is 95.6 Å². The number of ether oxygens (including phenoxy) is 6. The zero-order chi connectivity index (χ0) is 52.4. The standard InChI is InChI=1S/C60H91N3O10/c1-6-8-9-10-11-12-13-14-15-16-17-18-19-20-21-28-43-70-52(7-2)47-71-59(67)62-42-27-23-26-31-57(65)63-45-55(73-58(66)41-40-56(64)61-3)44-51(63)46-72-60(48-29-24-22-25-30-48,49-32-36-53(68-4)37-33-49)50-34-38-54(69-5)39-35-50/h22,24-25,29-30,32-39,51-52,55H,6-21,23,26-28,31,40-47H2,1-5H3,(H,61,64)(H,62,67)/t51-,52?,55+/m0/s1. The number of carbonyl (C=O) groups excluding carboxylic acids is 4. The number of hydrogen-bond acceptors (Lipinski definition) is 10. The molecule has 0 radical (unpaired) electrons. The third-order valence-corrected chi connectivity index (χ3v) is 14.0. The highest BCUT2D eigenvalue weighted by atomic mass is 16.6. The smallest absolute Gasteiger partial charge is 0.407 e. The first kappa shape index (κ1) is 60.4. The maximum absolute atomic E-state index is 14.1. The van der Waals surface area contributed by atoms with E-state index in [1.165, 1.54) is 96.9 Å². The van der Waals surface area contributed by atoms with Crippen molar-refractivity contribution in [3.63, 3.8) is 0 Å². The van der Waals surface area contributed by atoms with Crippen LogP contribution in [0.2, 0.25) is 0 Å². The molecule has 1 saturated heterocycles. The van der Waals surface area contributed by atoms with E-state index in [0.717, 1.165) is 36.0 Å². The van der Waals surface area contributed by atoms with Crippen molar-refractivity contribution in [2.75, 3.05) is 54.2 Å². The molecule has 3 atom stereocenters. The lowest BCUT2D eigenvalue weighted by molar-refractivity contribution is -0.150. The monoisotopic (exact) mass is 1010 g/mol. The highest BCUT2D eigenvalue weighted by Gasteiger charge is 2.42. The van der Waals surface area contributed by atoms with E-state index in [0.29, 0.717) is 50.3 Å². The molecular weight excluding hydrogens is 923 g/mol. The molecule has 2 N–H and O–H groups in total. The Morgan fingerprint density at radius 2 is 1.18 bits per heavy atom. The quantitative estimate of drug-likeness (QED) is 0.0321. The predicted octanol–water partition coefficient (Wildman–Crippen LogP) is 12.4. The van der Waals surface area contributed by atoms with Crippen LogP contribution >= 0.6 is 0 Å². The Bertz CT molecular complexity index is 1920. The van der Waals surface area contributed by atoms with Crippen LogP contribution in [0.3, 0.4) is 0 Å². The number of unbranched alkanes of at least 4 members (excludes halogenated alkanes) is 17. The van der Waals surface area contributed by atoms with Crippen molar-refractivity contribution in [1.29, 1.82) is 0 Å². The molecule has 73 heavy (non-hydrogen) atoms. The number of likely N-dealkylation sites (tertiary alicyclic amines) is 1. The molecule has 0 aromatic heterocycles. The predicted molar refractivity (Wildman–Crippen MR) is 289 cm³/mol. The molecule has 1 aliphatic rings. The lowest BCUT2D eigenvalue weighted by Gasteiger charge is -2.38. The van der Waals surface area contributed by atoms with Gasteiger partial charge in [-0.05, 0) is 66.6 Å². The van der Waals surface area contributed by atoms with Crippen molar-refractivity contribution in [1.82, 2.24) is 15.5 Å². The summed E-state index contributed by atoms with van der Waals surface area (Å²) in [6.07, 6.45) is 23.5. The summed E-state index contributed by atoms with van der Waals surface area (Å²) in [5.41, 5.74) is 1.49. The molecule has 0 saturated carbocycles. The average Bonchev–Trinajstić information content (AvgIpc) is 3.83. The molecule has 406 valence electrons. The number of rotatable bonds is 39. The lowest BCUT2D eigenvalue weighted by atomic mass is 9.80. The second kappa shape index (κ2) is 35.9. The third kappa shape index (κ3) is 22.1. The summed E-state index contributed by atoms with van der Waals surface area (Å²) in [6.45, 7) is 5.97. The molecule has 13 nitrogen and oxygen atoms in total. The van der Waals surface area contributed by atoms with Crippen LogP contribution in [0.15, 0.2) is 78.9 Å². The van der Waals surface area contributed by atoms with Gasteiger partial charge in [0.05, 0.1) is 45.9 Å². The normalized spacial score (nSPS) is 14.9. The Morgan fingerprint density at radius 3 is 1.71 bits per heavy atom. The molecule has 3 amide bonds.